The molecule has 0 fully saturated rings. The normalized spacial score (nSPS) is 10.5. The Morgan fingerprint density at radius 2 is 1.78 bits per heavy atom. The van der Waals surface area contributed by atoms with Crippen LogP contribution >= 0.6 is 0 Å². The number of anilines is 1. The van der Waals surface area contributed by atoms with Crippen molar-refractivity contribution >= 4 is 11.6 Å². The van der Waals surface area contributed by atoms with Crippen molar-refractivity contribution in [2.45, 2.75) is 13.3 Å². The molecule has 1 amide bonds. The number of carbonyl (C=O) groups is 1. The first-order valence-corrected chi connectivity index (χ1v) is 7.40. The molecule has 2 aromatic carbocycles. The smallest absolute Gasteiger partial charge is 0.228 e. The molecule has 0 unspecified atom stereocenters. The van der Waals surface area contributed by atoms with Crippen LogP contribution in [0.1, 0.15) is 11.1 Å². The van der Waals surface area contributed by atoms with E-state index in [1.54, 1.807) is 13.0 Å². The number of hydrogen-bond donors (Lipinski definition) is 1. The summed E-state index contributed by atoms with van der Waals surface area (Å²) in [7, 11) is 0. The summed E-state index contributed by atoms with van der Waals surface area (Å²) < 4.78 is 15.1. The highest BCUT2D eigenvalue weighted by Gasteiger charge is 2.07. The predicted molar refractivity (Wildman–Crippen MR) is 89.2 cm³/mol. The lowest BCUT2D eigenvalue weighted by Gasteiger charge is -2.09. The van der Waals surface area contributed by atoms with Gasteiger partial charge in [-0.15, -0.1) is 0 Å². The standard InChI is InChI=1S/C19H17FN2O/c1-14-12-16(20)6-9-18(14)21-19(23)13-15-4-7-17(8-5-15)22-10-2-3-11-22/h2-12H,13H2,1H3,(H,21,23). The van der Waals surface area contributed by atoms with Crippen LogP contribution in [-0.2, 0) is 11.2 Å². The predicted octanol–water partition coefficient (Wildman–Crippen LogP) is 4.11. The molecule has 4 heteroatoms. The SMILES string of the molecule is Cc1cc(F)ccc1NC(=O)Cc1ccc(-n2cccc2)cc1. The van der Waals surface area contributed by atoms with Crippen molar-refractivity contribution < 1.29 is 9.18 Å². The van der Waals surface area contributed by atoms with E-state index >= 15 is 0 Å². The molecule has 0 spiro atoms. The van der Waals surface area contributed by atoms with Gasteiger partial charge in [-0.25, -0.2) is 4.39 Å². The molecule has 1 aromatic heterocycles. The van der Waals surface area contributed by atoms with E-state index in [9.17, 15) is 9.18 Å². The van der Waals surface area contributed by atoms with Gasteiger partial charge in [0.1, 0.15) is 5.82 Å². The topological polar surface area (TPSA) is 34.0 Å². The molecule has 3 nitrogen and oxygen atoms in total. The van der Waals surface area contributed by atoms with Crippen LogP contribution in [0.2, 0.25) is 0 Å². The molecule has 3 aromatic rings. The summed E-state index contributed by atoms with van der Waals surface area (Å²) in [6, 6.07) is 16.1. The molecule has 0 saturated heterocycles. The Morgan fingerprint density at radius 3 is 2.43 bits per heavy atom. The number of halogens is 1. The average molecular weight is 308 g/mol. The quantitative estimate of drug-likeness (QED) is 0.773. The summed E-state index contributed by atoms with van der Waals surface area (Å²) in [5.41, 5.74) is 3.33. The minimum Gasteiger partial charge on any atom is -0.326 e. The molecule has 116 valence electrons. The molecular formula is C19H17FN2O. The molecule has 1 heterocycles. The van der Waals surface area contributed by atoms with Gasteiger partial charge in [0.15, 0.2) is 0 Å². The van der Waals surface area contributed by atoms with Gasteiger partial charge >= 0.3 is 0 Å². The van der Waals surface area contributed by atoms with E-state index in [1.807, 2.05) is 53.4 Å². The fourth-order valence-corrected chi connectivity index (χ4v) is 2.44. The van der Waals surface area contributed by atoms with Crippen LogP contribution in [0.15, 0.2) is 67.0 Å². The molecular weight excluding hydrogens is 291 g/mol. The zero-order valence-corrected chi connectivity index (χ0v) is 12.8. The van der Waals surface area contributed by atoms with Gasteiger partial charge in [0.05, 0.1) is 6.42 Å². The van der Waals surface area contributed by atoms with Crippen molar-refractivity contribution in [3.05, 3.63) is 83.9 Å². The summed E-state index contributed by atoms with van der Waals surface area (Å²) in [5, 5.41) is 2.82. The monoisotopic (exact) mass is 308 g/mol. The lowest BCUT2D eigenvalue weighted by Crippen LogP contribution is -2.15. The van der Waals surface area contributed by atoms with Crippen molar-refractivity contribution in [2.75, 3.05) is 5.32 Å². The van der Waals surface area contributed by atoms with Crippen molar-refractivity contribution in [3.63, 3.8) is 0 Å². The Morgan fingerprint density at radius 1 is 1.09 bits per heavy atom. The van der Waals surface area contributed by atoms with Crippen molar-refractivity contribution in [1.82, 2.24) is 4.57 Å². The summed E-state index contributed by atoms with van der Waals surface area (Å²) in [4.78, 5) is 12.1. The summed E-state index contributed by atoms with van der Waals surface area (Å²) in [6.07, 6.45) is 4.22. The average Bonchev–Trinajstić information content (AvgIpc) is 3.05. The van der Waals surface area contributed by atoms with Gasteiger partial charge in [-0.3, -0.25) is 4.79 Å². The van der Waals surface area contributed by atoms with Crippen LogP contribution in [0.4, 0.5) is 10.1 Å². The second kappa shape index (κ2) is 6.48. The van der Waals surface area contributed by atoms with E-state index in [-0.39, 0.29) is 18.1 Å². The summed E-state index contributed by atoms with van der Waals surface area (Å²) in [5.74, 6) is -0.422. The van der Waals surface area contributed by atoms with Gasteiger partial charge in [-0.2, -0.15) is 0 Å². The van der Waals surface area contributed by atoms with Crippen molar-refractivity contribution in [3.8, 4) is 5.69 Å². The zero-order chi connectivity index (χ0) is 16.2. The van der Waals surface area contributed by atoms with Crippen LogP contribution in [-0.4, -0.2) is 10.5 Å². The summed E-state index contributed by atoms with van der Waals surface area (Å²) >= 11 is 0. The first kappa shape index (κ1) is 15.0. The lowest BCUT2D eigenvalue weighted by atomic mass is 10.1. The molecule has 0 aliphatic carbocycles. The first-order valence-electron chi connectivity index (χ1n) is 7.40. The van der Waals surface area contributed by atoms with Crippen LogP contribution in [0, 0.1) is 12.7 Å². The largest absolute Gasteiger partial charge is 0.326 e. The Bertz CT molecular complexity index is 808. The Hall–Kier alpha value is -2.88. The minimum atomic E-state index is -0.305. The highest BCUT2D eigenvalue weighted by atomic mass is 19.1. The van der Waals surface area contributed by atoms with Crippen molar-refractivity contribution in [1.29, 1.82) is 0 Å². The number of aryl methyl sites for hydroxylation is 1. The van der Waals surface area contributed by atoms with E-state index in [0.717, 1.165) is 11.3 Å². The second-order valence-corrected chi connectivity index (χ2v) is 5.44. The van der Waals surface area contributed by atoms with Gasteiger partial charge in [0, 0.05) is 23.8 Å². The zero-order valence-electron chi connectivity index (χ0n) is 12.8. The second-order valence-electron chi connectivity index (χ2n) is 5.44. The molecule has 0 aliphatic rings. The molecule has 1 N–H and O–H groups in total. The molecule has 0 saturated carbocycles. The third kappa shape index (κ3) is 3.66. The number of nitrogens with zero attached hydrogens (tertiary/aromatic N) is 1. The van der Waals surface area contributed by atoms with Crippen LogP contribution in [0.25, 0.3) is 5.69 Å². The van der Waals surface area contributed by atoms with Crippen LogP contribution < -0.4 is 5.32 Å². The molecule has 0 bridgehead atoms. The third-order valence-corrected chi connectivity index (χ3v) is 3.67. The highest BCUT2D eigenvalue weighted by molar-refractivity contribution is 5.92. The number of nitrogens with one attached hydrogen (secondary N) is 1. The number of hydrogen-bond acceptors (Lipinski definition) is 1. The maximum atomic E-state index is 13.1. The fraction of sp³-hybridized carbons (Fsp3) is 0.105. The Labute approximate surface area is 134 Å². The number of benzene rings is 2. The molecule has 3 rings (SSSR count). The number of amides is 1. The first-order chi connectivity index (χ1) is 11.1. The van der Waals surface area contributed by atoms with E-state index < -0.39 is 0 Å². The van der Waals surface area contributed by atoms with E-state index in [0.29, 0.717) is 11.3 Å². The number of carbonyl (C=O) groups excluding carboxylic acids is 1. The third-order valence-electron chi connectivity index (χ3n) is 3.67. The van der Waals surface area contributed by atoms with Crippen LogP contribution in [0.3, 0.4) is 0 Å². The van der Waals surface area contributed by atoms with E-state index in [2.05, 4.69) is 5.32 Å². The highest BCUT2D eigenvalue weighted by Crippen LogP contribution is 2.16. The van der Waals surface area contributed by atoms with Crippen LogP contribution in [0.5, 0.6) is 0 Å². The van der Waals surface area contributed by atoms with Crippen molar-refractivity contribution in [2.24, 2.45) is 0 Å². The minimum absolute atomic E-state index is 0.117. The van der Waals surface area contributed by atoms with Gasteiger partial charge in [0.25, 0.3) is 0 Å². The van der Waals surface area contributed by atoms with Gasteiger partial charge < -0.3 is 9.88 Å². The molecule has 0 radical (unpaired) electrons. The Kier molecular flexibility index (Phi) is 4.24. The molecule has 23 heavy (non-hydrogen) atoms. The van der Waals surface area contributed by atoms with E-state index in [1.165, 1.54) is 12.1 Å². The molecule has 0 aliphatic heterocycles. The lowest BCUT2D eigenvalue weighted by molar-refractivity contribution is -0.115. The van der Waals surface area contributed by atoms with Gasteiger partial charge in [0.2, 0.25) is 5.91 Å². The van der Waals surface area contributed by atoms with E-state index in [4.69, 9.17) is 0 Å². The maximum absolute atomic E-state index is 13.1. The van der Waals surface area contributed by atoms with Gasteiger partial charge in [-0.05, 0) is 60.5 Å². The fourth-order valence-electron chi connectivity index (χ4n) is 2.44. The number of rotatable bonds is 4. The molecule has 0 atom stereocenters. The maximum Gasteiger partial charge on any atom is 0.228 e. The summed E-state index contributed by atoms with van der Waals surface area (Å²) in [6.45, 7) is 1.77. The number of aromatic nitrogens is 1. The Balaban J connectivity index is 1.66. The van der Waals surface area contributed by atoms with Gasteiger partial charge in [-0.1, -0.05) is 12.1 Å².